The third kappa shape index (κ3) is 11.7. The van der Waals surface area contributed by atoms with Gasteiger partial charge < -0.3 is 20.3 Å². The van der Waals surface area contributed by atoms with E-state index in [0.29, 0.717) is 41.6 Å². The van der Waals surface area contributed by atoms with E-state index in [1.54, 1.807) is 19.9 Å². The number of alkyl halides is 6. The van der Waals surface area contributed by atoms with E-state index in [-0.39, 0.29) is 24.5 Å². The molecule has 1 atom stereocenters. The third-order valence-electron chi connectivity index (χ3n) is 6.92. The predicted molar refractivity (Wildman–Crippen MR) is 168 cm³/mol. The zero-order valence-electron chi connectivity index (χ0n) is 26.6. The third-order valence-corrected chi connectivity index (χ3v) is 7.21. The number of anilines is 1. The molecule has 0 unspecified atom stereocenters. The van der Waals surface area contributed by atoms with Crippen LogP contribution in [0.5, 0.6) is 5.75 Å². The molecule has 3 aromatic carbocycles. The number of carbonyl (C=O) groups is 2. The van der Waals surface area contributed by atoms with Crippen LogP contribution in [0.4, 0.5) is 32.0 Å². The number of carbonyl (C=O) groups excluding carboxylic acids is 1. The van der Waals surface area contributed by atoms with Crippen molar-refractivity contribution in [1.29, 1.82) is 0 Å². The summed E-state index contributed by atoms with van der Waals surface area (Å²) in [6.45, 7) is 9.03. The van der Waals surface area contributed by atoms with Crippen LogP contribution < -0.4 is 10.5 Å². The topological polar surface area (TPSA) is 98.8 Å². The lowest BCUT2D eigenvalue weighted by Crippen LogP contribution is -2.18. The molecule has 258 valence electrons. The standard InChI is InChI=1S/C19H22ClNO3.C15H16F6O2/c1-3-13-9-12(2)6-7-14(13)15-10-18(16(20)11-17(15)21)24-8-4-5-19(22)23;1-4-12(22)23-13(8(2)3)9-5-10(14(16,17)18)7-11(6-9)15(19,20)21/h6-7,9-11H,3-5,8,21H2,1-2H3,(H,22,23);5-8,13H,4H2,1-3H3/t;13-/m.0/s1. The van der Waals surface area contributed by atoms with Crippen LogP contribution in [0.25, 0.3) is 11.1 Å². The number of esters is 1. The van der Waals surface area contributed by atoms with Crippen molar-refractivity contribution >= 4 is 29.2 Å². The van der Waals surface area contributed by atoms with E-state index in [1.165, 1.54) is 18.1 Å². The Morgan fingerprint density at radius 2 is 1.51 bits per heavy atom. The van der Waals surface area contributed by atoms with Gasteiger partial charge in [-0.15, -0.1) is 0 Å². The lowest BCUT2D eigenvalue weighted by molar-refractivity contribution is -0.151. The van der Waals surface area contributed by atoms with E-state index < -0.39 is 47.4 Å². The fourth-order valence-electron chi connectivity index (χ4n) is 4.55. The number of rotatable bonds is 11. The molecular formula is C34H38ClF6NO5. The van der Waals surface area contributed by atoms with Crippen molar-refractivity contribution in [3.63, 3.8) is 0 Å². The van der Waals surface area contributed by atoms with Gasteiger partial charge in [0.1, 0.15) is 11.9 Å². The van der Waals surface area contributed by atoms with Gasteiger partial charge in [-0.1, -0.05) is 63.1 Å². The van der Waals surface area contributed by atoms with Gasteiger partial charge in [-0.2, -0.15) is 26.3 Å². The normalized spacial score (nSPS) is 12.3. The van der Waals surface area contributed by atoms with Crippen LogP contribution in [0.2, 0.25) is 5.02 Å². The highest BCUT2D eigenvalue weighted by atomic mass is 35.5. The molecule has 0 fully saturated rings. The summed E-state index contributed by atoms with van der Waals surface area (Å²) in [5.41, 5.74) is 7.92. The van der Waals surface area contributed by atoms with Crippen LogP contribution in [0.3, 0.4) is 0 Å². The molecule has 47 heavy (non-hydrogen) atoms. The summed E-state index contributed by atoms with van der Waals surface area (Å²) in [4.78, 5) is 22.0. The van der Waals surface area contributed by atoms with Crippen molar-refractivity contribution in [2.45, 2.75) is 78.8 Å². The van der Waals surface area contributed by atoms with Gasteiger partial charge >= 0.3 is 24.3 Å². The number of aliphatic carboxylic acids is 1. The first kappa shape index (κ1) is 39.2. The fourth-order valence-corrected chi connectivity index (χ4v) is 4.78. The number of hydrogen-bond acceptors (Lipinski definition) is 5. The summed E-state index contributed by atoms with van der Waals surface area (Å²) in [6.07, 6.45) is -9.71. The highest BCUT2D eigenvalue weighted by Crippen LogP contribution is 2.40. The number of hydrogen-bond donors (Lipinski definition) is 2. The summed E-state index contributed by atoms with van der Waals surface area (Å²) in [6, 6.07) is 11.0. The highest BCUT2D eigenvalue weighted by molar-refractivity contribution is 6.32. The minimum atomic E-state index is -4.94. The van der Waals surface area contributed by atoms with Gasteiger partial charge in [0.05, 0.1) is 22.8 Å². The van der Waals surface area contributed by atoms with Crippen LogP contribution in [-0.2, 0) is 33.1 Å². The number of carboxylic acids is 1. The largest absolute Gasteiger partial charge is 0.492 e. The van der Waals surface area contributed by atoms with Crippen molar-refractivity contribution in [3.8, 4) is 16.9 Å². The summed E-state index contributed by atoms with van der Waals surface area (Å²) in [5.74, 6) is -1.51. The maximum atomic E-state index is 12.9. The van der Waals surface area contributed by atoms with Gasteiger partial charge in [-0.25, -0.2) is 0 Å². The average Bonchev–Trinajstić information content (AvgIpc) is 2.97. The molecule has 0 spiro atoms. The molecule has 0 aliphatic heterocycles. The average molecular weight is 690 g/mol. The summed E-state index contributed by atoms with van der Waals surface area (Å²) in [7, 11) is 0. The van der Waals surface area contributed by atoms with E-state index in [1.807, 2.05) is 6.07 Å². The highest BCUT2D eigenvalue weighted by Gasteiger charge is 2.38. The molecule has 0 aliphatic carbocycles. The number of carboxylic acid groups (broad SMARTS) is 1. The summed E-state index contributed by atoms with van der Waals surface area (Å²) >= 11 is 6.21. The Bertz CT molecular complexity index is 1510. The molecule has 0 saturated carbocycles. The molecule has 6 nitrogen and oxygen atoms in total. The number of aryl methyl sites for hydroxylation is 2. The van der Waals surface area contributed by atoms with E-state index in [0.717, 1.165) is 17.5 Å². The second kappa shape index (κ2) is 16.8. The van der Waals surface area contributed by atoms with Crippen molar-refractivity contribution in [3.05, 3.63) is 81.4 Å². The minimum absolute atomic E-state index is 0.0334. The van der Waals surface area contributed by atoms with E-state index in [2.05, 4.69) is 32.0 Å². The number of nitrogen functional groups attached to an aromatic ring is 1. The van der Waals surface area contributed by atoms with E-state index in [9.17, 15) is 35.9 Å². The molecule has 0 saturated heterocycles. The Balaban J connectivity index is 0.000000327. The second-order valence-corrected chi connectivity index (χ2v) is 11.5. The molecule has 0 bridgehead atoms. The van der Waals surface area contributed by atoms with Crippen LogP contribution in [0.1, 0.15) is 80.9 Å². The smallest absolute Gasteiger partial charge is 0.416 e. The van der Waals surface area contributed by atoms with Gasteiger partial charge in [0, 0.05) is 24.1 Å². The zero-order chi connectivity index (χ0) is 35.7. The first-order valence-electron chi connectivity index (χ1n) is 14.8. The molecule has 3 N–H and O–H groups in total. The lowest BCUT2D eigenvalue weighted by atomic mass is 9.94. The van der Waals surface area contributed by atoms with Gasteiger partial charge in [0.2, 0.25) is 0 Å². The van der Waals surface area contributed by atoms with Crippen molar-refractivity contribution < 1.29 is 50.5 Å². The molecule has 3 rings (SSSR count). The van der Waals surface area contributed by atoms with E-state index in [4.69, 9.17) is 31.9 Å². The number of benzene rings is 3. The zero-order valence-corrected chi connectivity index (χ0v) is 27.4. The number of nitrogens with two attached hydrogens (primary N) is 1. The van der Waals surface area contributed by atoms with Crippen molar-refractivity contribution in [1.82, 2.24) is 0 Å². The Kier molecular flexibility index (Phi) is 14.0. The molecular weight excluding hydrogens is 652 g/mol. The Labute approximate surface area is 274 Å². The van der Waals surface area contributed by atoms with Crippen LogP contribution in [0, 0.1) is 12.8 Å². The lowest BCUT2D eigenvalue weighted by Gasteiger charge is -2.24. The summed E-state index contributed by atoms with van der Waals surface area (Å²) in [5, 5.41) is 9.10. The molecule has 0 radical (unpaired) electrons. The molecule has 3 aromatic rings. The summed E-state index contributed by atoms with van der Waals surface area (Å²) < 4.78 is 87.8. The Hall–Kier alpha value is -3.93. The van der Waals surface area contributed by atoms with Crippen LogP contribution >= 0.6 is 11.6 Å². The van der Waals surface area contributed by atoms with Gasteiger partial charge in [-0.05, 0) is 72.7 Å². The van der Waals surface area contributed by atoms with Crippen LogP contribution in [0.15, 0.2) is 48.5 Å². The monoisotopic (exact) mass is 689 g/mol. The quantitative estimate of drug-likeness (QED) is 0.0900. The number of ether oxygens (including phenoxy) is 2. The molecule has 0 heterocycles. The Morgan fingerprint density at radius 3 is 2.00 bits per heavy atom. The van der Waals surface area contributed by atoms with Crippen molar-refractivity contribution in [2.24, 2.45) is 5.92 Å². The maximum absolute atomic E-state index is 12.9. The van der Waals surface area contributed by atoms with Crippen molar-refractivity contribution in [2.75, 3.05) is 12.3 Å². The molecule has 0 aliphatic rings. The minimum Gasteiger partial charge on any atom is -0.492 e. The predicted octanol–water partition coefficient (Wildman–Crippen LogP) is 10.1. The van der Waals surface area contributed by atoms with Gasteiger partial charge in [-0.3, -0.25) is 9.59 Å². The Morgan fingerprint density at radius 1 is 0.915 bits per heavy atom. The van der Waals surface area contributed by atoms with Crippen LogP contribution in [-0.4, -0.2) is 23.7 Å². The molecule has 0 aromatic heterocycles. The molecule has 13 heteroatoms. The van der Waals surface area contributed by atoms with Gasteiger partial charge in [0.15, 0.2) is 0 Å². The number of halogens is 7. The molecule has 0 amide bonds. The first-order valence-corrected chi connectivity index (χ1v) is 15.2. The van der Waals surface area contributed by atoms with E-state index >= 15 is 0 Å². The SMILES string of the molecule is CCC(=O)O[C@H](c1cc(C(F)(F)F)cc(C(F)(F)F)c1)C(C)C.CCc1cc(C)ccc1-c1cc(OCCCC(=O)O)c(Cl)cc1N. The van der Waals surface area contributed by atoms with Gasteiger partial charge in [0.25, 0.3) is 0 Å². The second-order valence-electron chi connectivity index (χ2n) is 11.1. The fraction of sp³-hybridized carbons (Fsp3) is 0.412. The first-order chi connectivity index (χ1) is 21.8. The maximum Gasteiger partial charge on any atom is 0.416 e.